The van der Waals surface area contributed by atoms with Crippen molar-refractivity contribution in [2.75, 3.05) is 12.9 Å². The van der Waals surface area contributed by atoms with Crippen molar-refractivity contribution in [2.24, 2.45) is 4.99 Å². The second-order valence-corrected chi connectivity index (χ2v) is 11.6. The normalized spacial score (nSPS) is 14.7. The number of aromatic nitrogens is 1. The van der Waals surface area contributed by atoms with Crippen LogP contribution in [-0.4, -0.2) is 28.3 Å². The van der Waals surface area contributed by atoms with E-state index in [-0.39, 0.29) is 23.4 Å². The van der Waals surface area contributed by atoms with E-state index < -0.39 is 16.9 Å². The van der Waals surface area contributed by atoms with Crippen LogP contribution in [0.25, 0.3) is 23.1 Å². The Morgan fingerprint density at radius 3 is 2.52 bits per heavy atom. The van der Waals surface area contributed by atoms with Crippen molar-refractivity contribution in [3.8, 4) is 11.3 Å². The summed E-state index contributed by atoms with van der Waals surface area (Å²) in [6.45, 7) is 1.90. The molecular formula is C33H25N3O6S2. The molecule has 9 nitrogen and oxygen atoms in total. The summed E-state index contributed by atoms with van der Waals surface area (Å²) in [5, 5.41) is 11.2. The molecule has 1 atom stereocenters. The smallest absolute Gasteiger partial charge is 0.338 e. The Balaban J connectivity index is 1.53. The number of carbonyl (C=O) groups excluding carboxylic acids is 1. The van der Waals surface area contributed by atoms with Crippen molar-refractivity contribution < 1.29 is 18.9 Å². The predicted molar refractivity (Wildman–Crippen MR) is 170 cm³/mol. The standard InChI is InChI=1S/C33H25N3O6S2/c1-3-41-32(38)28-29(20-8-5-4-6-9-20)34-33-35(30(28)21-12-15-25(43-2)16-13-21)31(37)27(44-33)19-24-14-17-26(42-24)22-10-7-11-23(18-22)36(39)40/h4-19,30H,3H2,1-2H3/b27-19-/t30-/m1/s1. The number of nitro benzene ring substituents is 1. The molecule has 220 valence electrons. The van der Waals surface area contributed by atoms with Gasteiger partial charge >= 0.3 is 5.97 Å². The van der Waals surface area contributed by atoms with E-state index in [1.807, 2.05) is 60.9 Å². The molecule has 0 bridgehead atoms. The van der Waals surface area contributed by atoms with Crippen molar-refractivity contribution in [2.45, 2.75) is 17.9 Å². The summed E-state index contributed by atoms with van der Waals surface area (Å²) >= 11 is 2.78. The average Bonchev–Trinajstić information content (AvgIpc) is 3.65. The molecule has 0 aliphatic carbocycles. The van der Waals surface area contributed by atoms with Gasteiger partial charge in [-0.1, -0.05) is 65.9 Å². The Hall–Kier alpha value is -5.00. The highest BCUT2D eigenvalue weighted by atomic mass is 32.2. The summed E-state index contributed by atoms with van der Waals surface area (Å²) in [5.41, 5.74) is 2.35. The second kappa shape index (κ2) is 12.3. The average molecular weight is 624 g/mol. The first-order valence-corrected chi connectivity index (χ1v) is 15.7. The van der Waals surface area contributed by atoms with Crippen molar-refractivity contribution in [3.05, 3.63) is 143 Å². The molecule has 0 fully saturated rings. The van der Waals surface area contributed by atoms with Crippen LogP contribution in [-0.2, 0) is 9.53 Å². The molecule has 3 aromatic carbocycles. The number of rotatable bonds is 8. The third-order valence-corrected chi connectivity index (χ3v) is 8.77. The van der Waals surface area contributed by atoms with Gasteiger partial charge in [-0.15, -0.1) is 11.8 Å². The highest BCUT2D eigenvalue weighted by Gasteiger charge is 2.35. The molecular weight excluding hydrogens is 599 g/mol. The van der Waals surface area contributed by atoms with Crippen LogP contribution in [0, 0.1) is 10.1 Å². The lowest BCUT2D eigenvalue weighted by atomic mass is 9.93. The highest BCUT2D eigenvalue weighted by Crippen LogP contribution is 2.36. The molecule has 1 aliphatic heterocycles. The summed E-state index contributed by atoms with van der Waals surface area (Å²) < 4.78 is 13.4. The van der Waals surface area contributed by atoms with Gasteiger partial charge in [0.05, 0.1) is 33.4 Å². The number of carbonyl (C=O) groups is 1. The third-order valence-electron chi connectivity index (χ3n) is 7.05. The molecule has 11 heteroatoms. The van der Waals surface area contributed by atoms with E-state index in [2.05, 4.69) is 0 Å². The number of nitro groups is 1. The van der Waals surface area contributed by atoms with Crippen LogP contribution < -0.4 is 14.9 Å². The van der Waals surface area contributed by atoms with Crippen molar-refractivity contribution in [1.29, 1.82) is 0 Å². The molecule has 0 spiro atoms. The van der Waals surface area contributed by atoms with E-state index in [9.17, 15) is 19.7 Å². The Kier molecular flexibility index (Phi) is 8.14. The molecule has 0 unspecified atom stereocenters. The van der Waals surface area contributed by atoms with Crippen LogP contribution in [0.15, 0.2) is 116 Å². The molecule has 0 saturated heterocycles. The first-order chi connectivity index (χ1) is 21.4. The number of benzene rings is 3. The van der Waals surface area contributed by atoms with Gasteiger partial charge < -0.3 is 9.15 Å². The minimum absolute atomic E-state index is 0.0500. The summed E-state index contributed by atoms with van der Waals surface area (Å²) in [4.78, 5) is 44.8. The Bertz CT molecular complexity index is 2090. The fourth-order valence-electron chi connectivity index (χ4n) is 5.03. The highest BCUT2D eigenvalue weighted by molar-refractivity contribution is 7.98. The molecule has 0 saturated carbocycles. The number of hydrogen-bond donors (Lipinski definition) is 0. The molecule has 3 heterocycles. The molecule has 0 amide bonds. The van der Waals surface area contributed by atoms with Crippen molar-refractivity contribution in [1.82, 2.24) is 4.57 Å². The molecule has 0 N–H and O–H groups in total. The molecule has 0 radical (unpaired) electrons. The fraction of sp³-hybridized carbons (Fsp3) is 0.121. The Morgan fingerprint density at radius 1 is 1.07 bits per heavy atom. The first-order valence-electron chi connectivity index (χ1n) is 13.6. The van der Waals surface area contributed by atoms with Gasteiger partial charge in [0, 0.05) is 34.2 Å². The summed E-state index contributed by atoms with van der Waals surface area (Å²) in [6, 6.07) is 25.9. The maximum absolute atomic E-state index is 14.1. The zero-order chi connectivity index (χ0) is 30.8. The van der Waals surface area contributed by atoms with Crippen LogP contribution in [0.5, 0.6) is 0 Å². The number of hydrogen-bond acceptors (Lipinski definition) is 9. The van der Waals surface area contributed by atoms with Gasteiger partial charge in [0.1, 0.15) is 11.5 Å². The van der Waals surface area contributed by atoms with Gasteiger partial charge in [-0.3, -0.25) is 19.5 Å². The van der Waals surface area contributed by atoms with Gasteiger partial charge in [-0.2, -0.15) is 0 Å². The molecule has 2 aromatic heterocycles. The van der Waals surface area contributed by atoms with Gasteiger partial charge in [0.25, 0.3) is 11.2 Å². The third kappa shape index (κ3) is 5.54. The number of furan rings is 1. The molecule has 44 heavy (non-hydrogen) atoms. The summed E-state index contributed by atoms with van der Waals surface area (Å²) in [5.74, 6) is 0.275. The number of thiazole rings is 1. The topological polar surface area (TPSA) is 117 Å². The zero-order valence-corrected chi connectivity index (χ0v) is 25.3. The summed E-state index contributed by atoms with van der Waals surface area (Å²) in [7, 11) is 0. The number of thioether (sulfide) groups is 1. The van der Waals surface area contributed by atoms with Crippen LogP contribution in [0.2, 0.25) is 0 Å². The summed E-state index contributed by atoms with van der Waals surface area (Å²) in [6.07, 6.45) is 3.60. The number of esters is 1. The SMILES string of the molecule is CCOC(=O)C1=C(c2ccccc2)N=c2s/c(=C\c3ccc(-c4cccc([N+](=O)[O-])c4)o3)c(=O)n2[C@@H]1c1ccc(SC)cc1. The number of nitrogens with zero attached hydrogens (tertiary/aromatic N) is 3. The minimum Gasteiger partial charge on any atom is -0.463 e. The molecule has 5 aromatic rings. The van der Waals surface area contributed by atoms with Crippen LogP contribution in [0.1, 0.15) is 29.9 Å². The first kappa shape index (κ1) is 29.1. The second-order valence-electron chi connectivity index (χ2n) is 9.71. The van der Waals surface area contributed by atoms with E-state index >= 15 is 0 Å². The monoisotopic (exact) mass is 623 g/mol. The fourth-order valence-corrected chi connectivity index (χ4v) is 6.42. The maximum Gasteiger partial charge on any atom is 0.338 e. The minimum atomic E-state index is -0.782. The number of fused-ring (bicyclic) bond motifs is 1. The van der Waals surface area contributed by atoms with E-state index in [0.29, 0.717) is 32.1 Å². The van der Waals surface area contributed by atoms with Crippen molar-refractivity contribution in [3.63, 3.8) is 0 Å². The molecule has 6 rings (SSSR count). The van der Waals surface area contributed by atoms with Crippen LogP contribution in [0.3, 0.4) is 0 Å². The van der Waals surface area contributed by atoms with Gasteiger partial charge in [-0.25, -0.2) is 9.79 Å². The largest absolute Gasteiger partial charge is 0.463 e. The van der Waals surface area contributed by atoms with Crippen molar-refractivity contribution >= 4 is 46.5 Å². The number of ether oxygens (including phenoxy) is 1. The maximum atomic E-state index is 14.1. The van der Waals surface area contributed by atoms with Crippen LogP contribution in [0.4, 0.5) is 5.69 Å². The number of non-ortho nitro benzene ring substituents is 1. The van der Waals surface area contributed by atoms with E-state index in [0.717, 1.165) is 16.0 Å². The van der Waals surface area contributed by atoms with Gasteiger partial charge in [0.2, 0.25) is 0 Å². The lowest BCUT2D eigenvalue weighted by Crippen LogP contribution is -2.40. The van der Waals surface area contributed by atoms with E-state index in [1.165, 1.54) is 28.0 Å². The van der Waals surface area contributed by atoms with Crippen LogP contribution >= 0.6 is 23.1 Å². The molecule has 1 aliphatic rings. The van der Waals surface area contributed by atoms with E-state index in [4.69, 9.17) is 14.1 Å². The zero-order valence-electron chi connectivity index (χ0n) is 23.6. The quantitative estimate of drug-likeness (QED) is 0.0925. The Labute approximate surface area is 259 Å². The van der Waals surface area contributed by atoms with Gasteiger partial charge in [-0.05, 0) is 43.0 Å². The Morgan fingerprint density at radius 2 is 1.82 bits per heavy atom. The lowest BCUT2D eigenvalue weighted by molar-refractivity contribution is -0.384. The predicted octanol–water partition coefficient (Wildman–Crippen LogP) is 5.83. The van der Waals surface area contributed by atoms with Gasteiger partial charge in [0.15, 0.2) is 4.80 Å². The lowest BCUT2D eigenvalue weighted by Gasteiger charge is -2.26. The van der Waals surface area contributed by atoms with E-state index in [1.54, 1.807) is 49.0 Å².